The van der Waals surface area contributed by atoms with Crippen LogP contribution in [0.2, 0.25) is 0 Å². The molecule has 1 unspecified atom stereocenters. The van der Waals surface area contributed by atoms with Gasteiger partial charge < -0.3 is 10.7 Å². The van der Waals surface area contributed by atoms with Gasteiger partial charge in [-0.2, -0.15) is 11.8 Å². The van der Waals surface area contributed by atoms with Gasteiger partial charge in [-0.05, 0) is 18.7 Å². The first kappa shape index (κ1) is 9.09. The van der Waals surface area contributed by atoms with Crippen LogP contribution >= 0.6 is 11.8 Å². The Bertz CT molecular complexity index is 266. The number of nitrogens with one attached hydrogen (secondary N) is 1. The van der Waals surface area contributed by atoms with E-state index in [9.17, 15) is 0 Å². The molecule has 0 spiro atoms. The lowest BCUT2D eigenvalue weighted by Gasteiger charge is -2.02. The molecule has 1 aliphatic heterocycles. The van der Waals surface area contributed by atoms with E-state index in [0.717, 1.165) is 12.2 Å². The molecule has 0 bridgehead atoms. The summed E-state index contributed by atoms with van der Waals surface area (Å²) in [6.45, 7) is 0.695. The van der Waals surface area contributed by atoms with Gasteiger partial charge in [-0.1, -0.05) is 0 Å². The zero-order chi connectivity index (χ0) is 9.10. The largest absolute Gasteiger partial charge is 0.346 e. The summed E-state index contributed by atoms with van der Waals surface area (Å²) in [6.07, 6.45) is 4.10. The monoisotopic (exact) mass is 197 g/mol. The Morgan fingerprint density at radius 1 is 1.69 bits per heavy atom. The summed E-state index contributed by atoms with van der Waals surface area (Å²) in [5.41, 5.74) is 6.65. The maximum atomic E-state index is 5.47. The van der Waals surface area contributed by atoms with Crippen LogP contribution in [0, 0.1) is 0 Å². The van der Waals surface area contributed by atoms with Gasteiger partial charge in [0.05, 0.1) is 0 Å². The minimum Gasteiger partial charge on any atom is -0.346 e. The molecule has 1 fully saturated rings. The fraction of sp³-hybridized carbons (Fsp3) is 0.667. The molecule has 0 aliphatic carbocycles. The number of hydrogen-bond acceptors (Lipinski definition) is 3. The van der Waals surface area contributed by atoms with Gasteiger partial charge in [0.25, 0.3) is 0 Å². The predicted octanol–water partition coefficient (Wildman–Crippen LogP) is 1.13. The lowest BCUT2D eigenvalue weighted by molar-refractivity contribution is 0.726. The molecule has 1 aromatic rings. The fourth-order valence-corrected chi connectivity index (χ4v) is 2.84. The van der Waals surface area contributed by atoms with E-state index in [0.29, 0.717) is 12.5 Å². The number of H-pyrrole nitrogens is 1. The van der Waals surface area contributed by atoms with Crippen molar-refractivity contribution in [3.05, 3.63) is 17.7 Å². The molecule has 0 amide bonds. The first-order chi connectivity index (χ1) is 6.40. The van der Waals surface area contributed by atoms with E-state index >= 15 is 0 Å². The quantitative estimate of drug-likeness (QED) is 0.763. The summed E-state index contributed by atoms with van der Waals surface area (Å²) >= 11 is 2.01. The Labute approximate surface area is 82.5 Å². The van der Waals surface area contributed by atoms with Gasteiger partial charge in [0, 0.05) is 30.0 Å². The standard InChI is InChI=1S/C9H15N3S/c10-3-1-8-5-11-9(12-8)7-2-4-13-6-7/h5,7H,1-4,6,10H2,(H,11,12). The summed E-state index contributed by atoms with van der Waals surface area (Å²) in [7, 11) is 0. The fourth-order valence-electron chi connectivity index (χ4n) is 1.62. The first-order valence-electron chi connectivity index (χ1n) is 4.71. The third kappa shape index (κ3) is 2.06. The molecular formula is C9H15N3S. The Morgan fingerprint density at radius 3 is 3.31 bits per heavy atom. The number of rotatable bonds is 3. The number of aromatic nitrogens is 2. The van der Waals surface area contributed by atoms with Crippen LogP contribution < -0.4 is 5.73 Å². The van der Waals surface area contributed by atoms with E-state index < -0.39 is 0 Å². The summed E-state index contributed by atoms with van der Waals surface area (Å²) in [6, 6.07) is 0. The summed E-state index contributed by atoms with van der Waals surface area (Å²) in [4.78, 5) is 7.74. The number of nitrogens with zero attached hydrogens (tertiary/aromatic N) is 1. The van der Waals surface area contributed by atoms with Crippen molar-refractivity contribution in [3.63, 3.8) is 0 Å². The van der Waals surface area contributed by atoms with Crippen LogP contribution in [0.1, 0.15) is 23.9 Å². The van der Waals surface area contributed by atoms with Gasteiger partial charge in [0.2, 0.25) is 0 Å². The van der Waals surface area contributed by atoms with Crippen molar-refractivity contribution in [2.75, 3.05) is 18.1 Å². The van der Waals surface area contributed by atoms with E-state index in [-0.39, 0.29) is 0 Å². The number of imidazole rings is 1. The summed E-state index contributed by atoms with van der Waals surface area (Å²) in [5.74, 6) is 4.30. The molecule has 1 aliphatic rings. The molecule has 2 rings (SSSR count). The van der Waals surface area contributed by atoms with Crippen molar-refractivity contribution < 1.29 is 0 Å². The molecular weight excluding hydrogens is 182 g/mol. The average Bonchev–Trinajstić information content (AvgIpc) is 2.70. The zero-order valence-corrected chi connectivity index (χ0v) is 8.44. The van der Waals surface area contributed by atoms with Crippen molar-refractivity contribution in [3.8, 4) is 0 Å². The van der Waals surface area contributed by atoms with Crippen LogP contribution in [0.15, 0.2) is 6.20 Å². The normalized spacial score (nSPS) is 22.4. The third-order valence-corrected chi connectivity index (χ3v) is 3.54. The number of hydrogen-bond donors (Lipinski definition) is 2. The predicted molar refractivity (Wildman–Crippen MR) is 56.0 cm³/mol. The van der Waals surface area contributed by atoms with Crippen molar-refractivity contribution in [2.45, 2.75) is 18.8 Å². The molecule has 1 aromatic heterocycles. The van der Waals surface area contributed by atoms with Gasteiger partial charge in [0.15, 0.2) is 0 Å². The van der Waals surface area contributed by atoms with Crippen LogP contribution in [-0.2, 0) is 6.42 Å². The van der Waals surface area contributed by atoms with Crippen LogP contribution in [0.25, 0.3) is 0 Å². The molecule has 13 heavy (non-hydrogen) atoms. The second-order valence-corrected chi connectivity index (χ2v) is 4.54. The molecule has 72 valence electrons. The highest BCUT2D eigenvalue weighted by atomic mass is 32.2. The van der Waals surface area contributed by atoms with Gasteiger partial charge in [0.1, 0.15) is 5.82 Å². The van der Waals surface area contributed by atoms with E-state index in [1.165, 1.54) is 23.6 Å². The summed E-state index contributed by atoms with van der Waals surface area (Å²) < 4.78 is 0. The minimum atomic E-state index is 0.650. The first-order valence-corrected chi connectivity index (χ1v) is 5.87. The summed E-state index contributed by atoms with van der Waals surface area (Å²) in [5, 5.41) is 0. The Kier molecular flexibility index (Phi) is 2.90. The molecule has 0 aromatic carbocycles. The van der Waals surface area contributed by atoms with Crippen molar-refractivity contribution in [1.82, 2.24) is 9.97 Å². The topological polar surface area (TPSA) is 54.7 Å². The Balaban J connectivity index is 2.03. The smallest absolute Gasteiger partial charge is 0.110 e. The van der Waals surface area contributed by atoms with Crippen LogP contribution in [0.3, 0.4) is 0 Å². The third-order valence-electron chi connectivity index (χ3n) is 2.38. The Morgan fingerprint density at radius 2 is 2.62 bits per heavy atom. The lowest BCUT2D eigenvalue weighted by Crippen LogP contribution is -2.03. The number of nitrogens with two attached hydrogens (primary N) is 1. The highest BCUT2D eigenvalue weighted by Crippen LogP contribution is 2.30. The molecule has 4 heteroatoms. The lowest BCUT2D eigenvalue weighted by atomic mass is 10.1. The molecule has 1 saturated heterocycles. The van der Waals surface area contributed by atoms with E-state index in [2.05, 4.69) is 9.97 Å². The highest BCUT2D eigenvalue weighted by molar-refractivity contribution is 7.99. The van der Waals surface area contributed by atoms with Crippen molar-refractivity contribution >= 4 is 11.8 Å². The average molecular weight is 197 g/mol. The Hall–Kier alpha value is -0.480. The number of aromatic amines is 1. The SMILES string of the molecule is NCCc1cnc(C2CCSC2)[nH]1. The van der Waals surface area contributed by atoms with Crippen molar-refractivity contribution in [2.24, 2.45) is 5.73 Å². The second kappa shape index (κ2) is 4.15. The van der Waals surface area contributed by atoms with Crippen LogP contribution in [-0.4, -0.2) is 28.0 Å². The minimum absolute atomic E-state index is 0.650. The van der Waals surface area contributed by atoms with Gasteiger partial charge in [-0.15, -0.1) is 0 Å². The maximum absolute atomic E-state index is 5.47. The molecule has 0 radical (unpaired) electrons. The van der Waals surface area contributed by atoms with E-state index in [4.69, 9.17) is 5.73 Å². The van der Waals surface area contributed by atoms with E-state index in [1.54, 1.807) is 0 Å². The molecule has 3 N–H and O–H groups in total. The number of thioether (sulfide) groups is 1. The van der Waals surface area contributed by atoms with Gasteiger partial charge in [-0.3, -0.25) is 0 Å². The molecule has 2 heterocycles. The van der Waals surface area contributed by atoms with Gasteiger partial charge >= 0.3 is 0 Å². The molecule has 3 nitrogen and oxygen atoms in total. The second-order valence-electron chi connectivity index (χ2n) is 3.39. The molecule has 1 atom stereocenters. The maximum Gasteiger partial charge on any atom is 0.110 e. The van der Waals surface area contributed by atoms with Crippen LogP contribution in [0.4, 0.5) is 0 Å². The van der Waals surface area contributed by atoms with E-state index in [1.807, 2.05) is 18.0 Å². The van der Waals surface area contributed by atoms with Crippen LogP contribution in [0.5, 0.6) is 0 Å². The van der Waals surface area contributed by atoms with Gasteiger partial charge in [-0.25, -0.2) is 4.98 Å². The van der Waals surface area contributed by atoms with Crippen molar-refractivity contribution in [1.29, 1.82) is 0 Å². The zero-order valence-electron chi connectivity index (χ0n) is 7.62. The molecule has 0 saturated carbocycles. The highest BCUT2D eigenvalue weighted by Gasteiger charge is 2.19.